The van der Waals surface area contributed by atoms with Crippen molar-refractivity contribution < 1.29 is 9.18 Å². The summed E-state index contributed by atoms with van der Waals surface area (Å²) in [7, 11) is 0. The van der Waals surface area contributed by atoms with Gasteiger partial charge in [-0.2, -0.15) is 0 Å². The number of hydrogen-bond acceptors (Lipinski definition) is 6. The molecule has 0 spiro atoms. The molecule has 0 bridgehead atoms. The Hall–Kier alpha value is -3.39. The van der Waals surface area contributed by atoms with Gasteiger partial charge in [0.15, 0.2) is 0 Å². The number of pyridine rings is 1. The van der Waals surface area contributed by atoms with E-state index in [1.165, 1.54) is 6.07 Å². The second kappa shape index (κ2) is 7.32. The largest absolute Gasteiger partial charge is 0.368 e. The Morgan fingerprint density at radius 1 is 1.18 bits per heavy atom. The molecular formula is C20H19FN6O. The first kappa shape index (κ1) is 18.0. The maximum atomic E-state index is 14.2. The van der Waals surface area contributed by atoms with Crippen LogP contribution in [-0.4, -0.2) is 40.7 Å². The number of hydrogen-bond donors (Lipinski definition) is 3. The van der Waals surface area contributed by atoms with Gasteiger partial charge in [-0.15, -0.1) is 10.2 Å². The first-order valence-corrected chi connectivity index (χ1v) is 8.87. The minimum Gasteiger partial charge on any atom is -0.368 e. The van der Waals surface area contributed by atoms with E-state index in [-0.39, 0.29) is 5.82 Å². The molecular weight excluding hydrogens is 359 g/mol. The summed E-state index contributed by atoms with van der Waals surface area (Å²) in [6.45, 7) is 1.76. The lowest BCUT2D eigenvalue weighted by molar-refractivity contribution is 0.100. The van der Waals surface area contributed by atoms with Gasteiger partial charge in [-0.05, 0) is 36.4 Å². The fourth-order valence-corrected chi connectivity index (χ4v) is 3.25. The fraction of sp³-hybridized carbons (Fsp3) is 0.200. The smallest absolute Gasteiger partial charge is 0.248 e. The van der Waals surface area contributed by atoms with E-state index in [1.54, 1.807) is 36.5 Å². The Morgan fingerprint density at radius 2 is 2.04 bits per heavy atom. The monoisotopic (exact) mass is 378 g/mol. The molecule has 3 heterocycles. The van der Waals surface area contributed by atoms with E-state index in [2.05, 4.69) is 25.8 Å². The lowest BCUT2D eigenvalue weighted by Crippen LogP contribution is -2.61. The van der Waals surface area contributed by atoms with Crippen molar-refractivity contribution in [2.75, 3.05) is 25.0 Å². The van der Waals surface area contributed by atoms with Gasteiger partial charge in [-0.1, -0.05) is 12.1 Å². The second-order valence-electron chi connectivity index (χ2n) is 6.82. The highest BCUT2D eigenvalue weighted by Crippen LogP contribution is 2.29. The average molecular weight is 378 g/mol. The Bertz CT molecular complexity index is 1000. The van der Waals surface area contributed by atoms with Crippen molar-refractivity contribution in [3.05, 3.63) is 71.8 Å². The summed E-state index contributed by atoms with van der Waals surface area (Å²) in [6, 6.07) is 13.5. The molecule has 4 N–H and O–H groups in total. The number of primary amides is 1. The molecule has 0 unspecified atom stereocenters. The van der Waals surface area contributed by atoms with Crippen molar-refractivity contribution in [2.24, 2.45) is 5.73 Å². The number of halogens is 1. The van der Waals surface area contributed by atoms with E-state index in [9.17, 15) is 9.18 Å². The summed E-state index contributed by atoms with van der Waals surface area (Å²) < 4.78 is 14.2. The van der Waals surface area contributed by atoms with Crippen molar-refractivity contribution in [1.29, 1.82) is 0 Å². The number of amides is 1. The Morgan fingerprint density at radius 3 is 2.68 bits per heavy atom. The average Bonchev–Trinajstić information content (AvgIpc) is 2.69. The number of nitrogens with zero attached hydrogens (tertiary/aromatic N) is 3. The van der Waals surface area contributed by atoms with Gasteiger partial charge in [0.05, 0.1) is 16.8 Å². The summed E-state index contributed by atoms with van der Waals surface area (Å²) in [5.41, 5.74) is 7.16. The molecule has 1 aliphatic heterocycles. The van der Waals surface area contributed by atoms with Crippen molar-refractivity contribution in [3.63, 3.8) is 0 Å². The highest BCUT2D eigenvalue weighted by molar-refractivity contribution is 5.93. The molecule has 8 heteroatoms. The van der Waals surface area contributed by atoms with Crippen LogP contribution in [0.4, 0.5) is 10.2 Å². The van der Waals surface area contributed by atoms with Gasteiger partial charge in [0, 0.05) is 37.0 Å². The summed E-state index contributed by atoms with van der Waals surface area (Å²) in [5, 5.41) is 14.8. The molecule has 1 amide bonds. The van der Waals surface area contributed by atoms with Crippen molar-refractivity contribution in [2.45, 2.75) is 5.41 Å². The molecule has 1 aliphatic rings. The first-order valence-electron chi connectivity index (χ1n) is 8.87. The molecule has 2 aromatic heterocycles. The summed E-state index contributed by atoms with van der Waals surface area (Å²) >= 11 is 0. The van der Waals surface area contributed by atoms with E-state index in [0.717, 1.165) is 5.56 Å². The third-order valence-electron chi connectivity index (χ3n) is 4.90. The third kappa shape index (κ3) is 3.41. The van der Waals surface area contributed by atoms with E-state index >= 15 is 0 Å². The fourth-order valence-electron chi connectivity index (χ4n) is 3.25. The number of nitrogens with two attached hydrogens (primary N) is 1. The zero-order chi connectivity index (χ0) is 19.6. The Balaban J connectivity index is 1.49. The van der Waals surface area contributed by atoms with Crippen LogP contribution in [0, 0.1) is 5.82 Å². The number of carbonyl (C=O) groups is 1. The Kier molecular flexibility index (Phi) is 4.70. The summed E-state index contributed by atoms with van der Waals surface area (Å²) in [5.74, 6) is -0.215. The van der Waals surface area contributed by atoms with E-state index in [1.807, 2.05) is 12.1 Å². The minimum atomic E-state index is -0.491. The van der Waals surface area contributed by atoms with Gasteiger partial charge >= 0.3 is 0 Å². The zero-order valence-corrected chi connectivity index (χ0v) is 15.0. The number of rotatable bonds is 6. The maximum Gasteiger partial charge on any atom is 0.248 e. The first-order chi connectivity index (χ1) is 13.6. The molecule has 7 nitrogen and oxygen atoms in total. The molecule has 28 heavy (non-hydrogen) atoms. The molecule has 4 rings (SSSR count). The minimum absolute atomic E-state index is 0.304. The highest BCUT2D eigenvalue weighted by Gasteiger charge is 2.42. The molecule has 1 aromatic carbocycles. The number of anilines is 1. The van der Waals surface area contributed by atoms with Gasteiger partial charge in [-0.25, -0.2) is 4.39 Å². The third-order valence-corrected chi connectivity index (χ3v) is 4.90. The standard InChI is InChI=1S/C20H19FN6O/c21-15-5-2-8-24-18(15)20(10-23-11-20)12-25-17-7-6-16(26-27-17)13-3-1-4-14(9-13)19(22)28/h1-9,23H,10-12H2,(H2,22,28)(H,25,27). The normalized spacial score (nSPS) is 14.9. The van der Waals surface area contributed by atoms with E-state index in [4.69, 9.17) is 5.73 Å². The predicted octanol–water partition coefficient (Wildman–Crippen LogP) is 1.73. The van der Waals surface area contributed by atoms with Crippen LogP contribution in [0.25, 0.3) is 11.3 Å². The van der Waals surface area contributed by atoms with Gasteiger partial charge in [0.25, 0.3) is 0 Å². The quantitative estimate of drug-likeness (QED) is 0.603. The molecule has 0 atom stereocenters. The molecule has 1 saturated heterocycles. The van der Waals surface area contributed by atoms with Gasteiger partial charge < -0.3 is 16.4 Å². The van der Waals surface area contributed by atoms with Crippen LogP contribution in [0.2, 0.25) is 0 Å². The van der Waals surface area contributed by atoms with Crippen LogP contribution in [0.5, 0.6) is 0 Å². The highest BCUT2D eigenvalue weighted by atomic mass is 19.1. The second-order valence-corrected chi connectivity index (χ2v) is 6.82. The van der Waals surface area contributed by atoms with Crippen LogP contribution < -0.4 is 16.4 Å². The number of nitrogens with one attached hydrogen (secondary N) is 2. The van der Waals surface area contributed by atoms with Crippen LogP contribution in [0.3, 0.4) is 0 Å². The molecule has 1 fully saturated rings. The summed E-state index contributed by atoms with van der Waals surface area (Å²) in [4.78, 5) is 15.6. The Labute approximate surface area is 161 Å². The van der Waals surface area contributed by atoms with E-state index < -0.39 is 11.3 Å². The summed E-state index contributed by atoms with van der Waals surface area (Å²) in [6.07, 6.45) is 1.60. The van der Waals surface area contributed by atoms with Gasteiger partial charge in [0.2, 0.25) is 5.91 Å². The van der Waals surface area contributed by atoms with E-state index in [0.29, 0.717) is 42.4 Å². The lowest BCUT2D eigenvalue weighted by atomic mass is 9.77. The van der Waals surface area contributed by atoms with Crippen molar-refractivity contribution >= 4 is 11.7 Å². The van der Waals surface area contributed by atoms with Crippen LogP contribution in [0.15, 0.2) is 54.7 Å². The van der Waals surface area contributed by atoms with Gasteiger partial charge in [-0.3, -0.25) is 9.78 Å². The predicted molar refractivity (Wildman–Crippen MR) is 103 cm³/mol. The maximum absolute atomic E-state index is 14.2. The molecule has 0 aliphatic carbocycles. The van der Waals surface area contributed by atoms with Gasteiger partial charge in [0.1, 0.15) is 11.6 Å². The number of benzene rings is 1. The molecule has 0 saturated carbocycles. The number of aromatic nitrogens is 3. The lowest BCUT2D eigenvalue weighted by Gasteiger charge is -2.42. The molecule has 0 radical (unpaired) electrons. The topological polar surface area (TPSA) is 106 Å². The SMILES string of the molecule is NC(=O)c1cccc(-c2ccc(NCC3(c4ncccc4F)CNC3)nn2)c1. The number of carbonyl (C=O) groups excluding carboxylic acids is 1. The zero-order valence-electron chi connectivity index (χ0n) is 15.0. The molecule has 142 valence electrons. The van der Waals surface area contributed by atoms with Crippen molar-refractivity contribution in [3.8, 4) is 11.3 Å². The van der Waals surface area contributed by atoms with Crippen LogP contribution in [-0.2, 0) is 5.41 Å². The van der Waals surface area contributed by atoms with Crippen molar-refractivity contribution in [1.82, 2.24) is 20.5 Å². The van der Waals surface area contributed by atoms with Crippen LogP contribution >= 0.6 is 0 Å². The van der Waals surface area contributed by atoms with Crippen LogP contribution in [0.1, 0.15) is 16.1 Å². The molecule has 3 aromatic rings.